The van der Waals surface area contributed by atoms with Crippen LogP contribution in [0.5, 0.6) is 0 Å². The summed E-state index contributed by atoms with van der Waals surface area (Å²) in [5.74, 6) is 0.128. The molecule has 0 saturated heterocycles. The van der Waals surface area contributed by atoms with Crippen molar-refractivity contribution in [2.45, 2.75) is 35.9 Å². The number of benzene rings is 1. The second kappa shape index (κ2) is 6.26. The number of rotatable bonds is 4. The summed E-state index contributed by atoms with van der Waals surface area (Å²) in [5, 5.41) is 11.6. The summed E-state index contributed by atoms with van der Waals surface area (Å²) in [6.45, 7) is 4.03. The number of amides is 1. The van der Waals surface area contributed by atoms with Gasteiger partial charge in [-0.05, 0) is 31.9 Å². The van der Waals surface area contributed by atoms with Crippen LogP contribution in [0, 0.1) is 0 Å². The quantitative estimate of drug-likeness (QED) is 0.871. The van der Waals surface area contributed by atoms with Crippen molar-refractivity contribution < 1.29 is 4.79 Å². The first kappa shape index (κ1) is 15.3. The Morgan fingerprint density at radius 1 is 1.45 bits per heavy atom. The van der Waals surface area contributed by atoms with Gasteiger partial charge in [0.05, 0.1) is 5.25 Å². The average Bonchev–Trinajstić information content (AvgIpc) is 3.09. The number of para-hydroxylation sites is 1. The molecule has 1 amide bonds. The maximum atomic E-state index is 12.8. The van der Waals surface area contributed by atoms with Crippen LogP contribution in [-0.4, -0.2) is 34.4 Å². The normalized spacial score (nSPS) is 18.1. The molecular weight excluding hydrogens is 316 g/mol. The Morgan fingerprint density at radius 2 is 2.23 bits per heavy atom. The fourth-order valence-electron chi connectivity index (χ4n) is 2.66. The number of carbonyl (C=O) groups is 1. The van der Waals surface area contributed by atoms with Gasteiger partial charge in [0.25, 0.3) is 0 Å². The summed E-state index contributed by atoms with van der Waals surface area (Å²) < 4.78 is 0.810. The van der Waals surface area contributed by atoms with Crippen LogP contribution in [0.4, 0.5) is 10.8 Å². The number of aromatic nitrogens is 2. The number of anilines is 2. The van der Waals surface area contributed by atoms with E-state index in [1.165, 1.54) is 28.7 Å². The molecular formula is C15H18N4OS2. The van der Waals surface area contributed by atoms with E-state index in [4.69, 9.17) is 0 Å². The van der Waals surface area contributed by atoms with Gasteiger partial charge < -0.3 is 10.2 Å². The lowest BCUT2D eigenvalue weighted by Gasteiger charge is -2.25. The number of hydrogen-bond donors (Lipinski definition) is 1. The van der Waals surface area contributed by atoms with Gasteiger partial charge in [-0.25, -0.2) is 0 Å². The van der Waals surface area contributed by atoms with Crippen LogP contribution in [0.1, 0.15) is 19.4 Å². The van der Waals surface area contributed by atoms with Crippen molar-refractivity contribution in [3.8, 4) is 0 Å². The predicted octanol–water partition coefficient (Wildman–Crippen LogP) is 3.04. The molecule has 5 nitrogen and oxygen atoms in total. The second-order valence-corrected chi connectivity index (χ2v) is 7.84. The van der Waals surface area contributed by atoms with Crippen LogP contribution in [0.2, 0.25) is 0 Å². The number of hydrogen-bond acceptors (Lipinski definition) is 6. The largest absolute Gasteiger partial charge is 0.363 e. The van der Waals surface area contributed by atoms with E-state index >= 15 is 0 Å². The summed E-state index contributed by atoms with van der Waals surface area (Å²) in [7, 11) is 1.81. The standard InChI is InChI=1S/C15H18N4OS2/c1-9-8-11-6-4-5-7-12(11)19(9)13(20)10(2)21-15-18-17-14(16-3)22-15/h4-7,9-10H,8H2,1-3H3,(H,16,17)/t9-,10-/m1/s1. The van der Waals surface area contributed by atoms with E-state index in [9.17, 15) is 4.79 Å². The minimum absolute atomic E-state index is 0.128. The summed E-state index contributed by atoms with van der Waals surface area (Å²) in [4.78, 5) is 14.8. The highest BCUT2D eigenvalue weighted by Gasteiger charge is 2.33. The van der Waals surface area contributed by atoms with Crippen LogP contribution >= 0.6 is 23.1 Å². The van der Waals surface area contributed by atoms with Crippen molar-refractivity contribution in [3.05, 3.63) is 29.8 Å². The molecule has 0 fully saturated rings. The highest BCUT2D eigenvalue weighted by Crippen LogP contribution is 2.35. The molecule has 0 radical (unpaired) electrons. The number of carbonyl (C=O) groups excluding carboxylic acids is 1. The van der Waals surface area contributed by atoms with Crippen molar-refractivity contribution >= 4 is 39.8 Å². The third-order valence-electron chi connectivity index (χ3n) is 3.69. The Kier molecular flexibility index (Phi) is 4.35. The lowest BCUT2D eigenvalue weighted by Crippen LogP contribution is -2.40. The van der Waals surface area contributed by atoms with E-state index in [2.05, 4.69) is 28.5 Å². The molecule has 2 heterocycles. The van der Waals surface area contributed by atoms with Gasteiger partial charge in [-0.2, -0.15) is 0 Å². The zero-order chi connectivity index (χ0) is 15.7. The van der Waals surface area contributed by atoms with Crippen LogP contribution in [0.3, 0.4) is 0 Å². The summed E-state index contributed by atoms with van der Waals surface area (Å²) in [6, 6.07) is 8.34. The van der Waals surface area contributed by atoms with Gasteiger partial charge in [0.1, 0.15) is 0 Å². The Balaban J connectivity index is 1.75. The van der Waals surface area contributed by atoms with Crippen LogP contribution in [0.15, 0.2) is 28.6 Å². The topological polar surface area (TPSA) is 58.1 Å². The number of fused-ring (bicyclic) bond motifs is 1. The summed E-state index contributed by atoms with van der Waals surface area (Å²) >= 11 is 2.93. The third-order valence-corrected chi connectivity index (χ3v) is 5.80. The van der Waals surface area contributed by atoms with Gasteiger partial charge >= 0.3 is 0 Å². The molecule has 1 aromatic heterocycles. The van der Waals surface area contributed by atoms with Crippen LogP contribution < -0.4 is 10.2 Å². The van der Waals surface area contributed by atoms with E-state index in [1.54, 1.807) is 0 Å². The van der Waals surface area contributed by atoms with E-state index in [0.29, 0.717) is 0 Å². The summed E-state index contributed by atoms with van der Waals surface area (Å²) in [6.07, 6.45) is 0.919. The Morgan fingerprint density at radius 3 is 2.95 bits per heavy atom. The molecule has 1 aromatic carbocycles. The smallest absolute Gasteiger partial charge is 0.240 e. The Bertz CT molecular complexity index is 688. The molecule has 0 spiro atoms. The molecule has 116 valence electrons. The zero-order valence-corrected chi connectivity index (χ0v) is 14.4. The lowest BCUT2D eigenvalue weighted by molar-refractivity contribution is -0.118. The zero-order valence-electron chi connectivity index (χ0n) is 12.7. The molecule has 22 heavy (non-hydrogen) atoms. The molecule has 7 heteroatoms. The maximum absolute atomic E-state index is 12.8. The fraction of sp³-hybridized carbons (Fsp3) is 0.400. The first-order valence-corrected chi connectivity index (χ1v) is 8.88. The maximum Gasteiger partial charge on any atom is 0.240 e. The minimum atomic E-state index is -0.189. The summed E-state index contributed by atoms with van der Waals surface area (Å²) in [5.41, 5.74) is 2.29. The fourth-order valence-corrected chi connectivity index (χ4v) is 4.56. The molecule has 0 unspecified atom stereocenters. The van der Waals surface area contributed by atoms with E-state index in [0.717, 1.165) is 21.6 Å². The molecule has 0 aliphatic carbocycles. The average molecular weight is 334 g/mol. The van der Waals surface area contributed by atoms with Gasteiger partial charge in [-0.1, -0.05) is 41.3 Å². The van der Waals surface area contributed by atoms with Gasteiger partial charge in [0.15, 0.2) is 4.34 Å². The molecule has 2 atom stereocenters. The van der Waals surface area contributed by atoms with Crippen molar-refractivity contribution in [1.82, 2.24) is 10.2 Å². The SMILES string of the molecule is CNc1nnc(S[C@H](C)C(=O)N2c3ccccc3C[C@H]2C)s1. The second-order valence-electron chi connectivity index (χ2n) is 5.27. The number of nitrogens with one attached hydrogen (secondary N) is 1. The highest BCUT2D eigenvalue weighted by atomic mass is 32.2. The van der Waals surface area contributed by atoms with Gasteiger partial charge in [-0.15, -0.1) is 10.2 Å². The number of thioether (sulfide) groups is 1. The van der Waals surface area contributed by atoms with Gasteiger partial charge in [0, 0.05) is 18.8 Å². The van der Waals surface area contributed by atoms with Crippen molar-refractivity contribution in [1.29, 1.82) is 0 Å². The van der Waals surface area contributed by atoms with E-state index in [1.807, 2.05) is 37.1 Å². The van der Waals surface area contributed by atoms with E-state index < -0.39 is 0 Å². The monoisotopic (exact) mass is 334 g/mol. The molecule has 3 rings (SSSR count). The van der Waals surface area contributed by atoms with E-state index in [-0.39, 0.29) is 17.2 Å². The van der Waals surface area contributed by atoms with Crippen molar-refractivity contribution in [3.63, 3.8) is 0 Å². The van der Waals surface area contributed by atoms with Crippen molar-refractivity contribution in [2.24, 2.45) is 0 Å². The van der Waals surface area contributed by atoms with Crippen molar-refractivity contribution in [2.75, 3.05) is 17.3 Å². The molecule has 1 aliphatic rings. The third kappa shape index (κ3) is 2.83. The van der Waals surface area contributed by atoms with Crippen LogP contribution in [-0.2, 0) is 11.2 Å². The van der Waals surface area contributed by atoms with Gasteiger partial charge in [0.2, 0.25) is 11.0 Å². The molecule has 0 saturated carbocycles. The number of nitrogens with zero attached hydrogens (tertiary/aromatic N) is 3. The van der Waals surface area contributed by atoms with Gasteiger partial charge in [-0.3, -0.25) is 4.79 Å². The Hall–Kier alpha value is -1.60. The first-order chi connectivity index (χ1) is 10.6. The molecule has 1 aliphatic heterocycles. The Labute approximate surface area is 138 Å². The predicted molar refractivity (Wildman–Crippen MR) is 91.9 cm³/mol. The minimum Gasteiger partial charge on any atom is -0.363 e. The molecule has 1 N–H and O–H groups in total. The highest BCUT2D eigenvalue weighted by molar-refractivity contribution is 8.02. The first-order valence-electron chi connectivity index (χ1n) is 7.19. The molecule has 0 bridgehead atoms. The van der Waals surface area contributed by atoms with Crippen LogP contribution in [0.25, 0.3) is 0 Å². The lowest BCUT2D eigenvalue weighted by atomic mass is 10.1. The molecule has 2 aromatic rings.